The van der Waals surface area contributed by atoms with Crippen LogP contribution in [0.2, 0.25) is 0 Å². The van der Waals surface area contributed by atoms with Gasteiger partial charge in [-0.25, -0.2) is 0 Å². The zero-order chi connectivity index (χ0) is 14.0. The van der Waals surface area contributed by atoms with Crippen molar-refractivity contribution in [3.8, 4) is 0 Å². The van der Waals surface area contributed by atoms with E-state index in [9.17, 15) is 0 Å². The molecule has 106 valence electrons. The first-order chi connectivity index (χ1) is 8.87. The Labute approximate surface area is 115 Å². The first kappa shape index (κ1) is 13.8. The second-order valence-corrected chi connectivity index (χ2v) is 6.19. The largest absolute Gasteiger partial charge is 0.368 e. The predicted molar refractivity (Wildman–Crippen MR) is 78.4 cm³/mol. The van der Waals surface area contributed by atoms with Crippen LogP contribution in [0, 0.1) is 5.41 Å². The average Bonchev–Trinajstić information content (AvgIpc) is 2.49. The van der Waals surface area contributed by atoms with Crippen LogP contribution in [0.1, 0.15) is 33.1 Å². The monoisotopic (exact) mass is 264 g/mol. The second kappa shape index (κ2) is 5.19. The van der Waals surface area contributed by atoms with Gasteiger partial charge in [0.05, 0.1) is 0 Å². The van der Waals surface area contributed by atoms with Crippen molar-refractivity contribution in [3.05, 3.63) is 0 Å². The highest BCUT2D eigenvalue weighted by Crippen LogP contribution is 2.31. The van der Waals surface area contributed by atoms with Crippen LogP contribution in [0.15, 0.2) is 0 Å². The fraction of sp³-hybridized carbons (Fsp3) is 0.769. The number of nitrogens with two attached hydrogens (primary N) is 1. The maximum Gasteiger partial charge on any atom is 0.231 e. The smallest absolute Gasteiger partial charge is 0.231 e. The minimum Gasteiger partial charge on any atom is -0.368 e. The molecule has 0 aliphatic carbocycles. The summed E-state index contributed by atoms with van der Waals surface area (Å²) in [5.41, 5.74) is 6.18. The summed E-state index contributed by atoms with van der Waals surface area (Å²) in [5.74, 6) is 1.61. The Morgan fingerprint density at radius 2 is 1.84 bits per heavy atom. The normalized spacial score (nSPS) is 19.1. The molecule has 0 radical (unpaired) electrons. The molecule has 0 unspecified atom stereocenters. The van der Waals surface area contributed by atoms with Crippen LogP contribution in [0.5, 0.6) is 0 Å². The predicted octanol–water partition coefficient (Wildman–Crippen LogP) is 1.54. The summed E-state index contributed by atoms with van der Waals surface area (Å²) in [6.07, 6.45) is 3.55. The third-order valence-electron chi connectivity index (χ3n) is 3.65. The summed E-state index contributed by atoms with van der Waals surface area (Å²) in [6.45, 7) is 6.61. The van der Waals surface area contributed by atoms with E-state index in [-0.39, 0.29) is 5.95 Å². The van der Waals surface area contributed by atoms with Gasteiger partial charge >= 0.3 is 0 Å². The van der Waals surface area contributed by atoms with Crippen molar-refractivity contribution in [2.24, 2.45) is 5.41 Å². The van der Waals surface area contributed by atoms with Gasteiger partial charge in [0.1, 0.15) is 0 Å². The van der Waals surface area contributed by atoms with Gasteiger partial charge in [-0.1, -0.05) is 13.8 Å². The lowest BCUT2D eigenvalue weighted by Gasteiger charge is -2.24. The number of nitrogens with zero attached hydrogens (tertiary/aromatic N) is 5. The van der Waals surface area contributed by atoms with E-state index in [1.165, 1.54) is 6.42 Å². The summed E-state index contributed by atoms with van der Waals surface area (Å²) >= 11 is 0. The van der Waals surface area contributed by atoms with Gasteiger partial charge in [0.2, 0.25) is 17.8 Å². The van der Waals surface area contributed by atoms with E-state index >= 15 is 0 Å². The first-order valence-electron chi connectivity index (χ1n) is 6.81. The highest BCUT2D eigenvalue weighted by Gasteiger charge is 2.24. The molecule has 19 heavy (non-hydrogen) atoms. The van der Waals surface area contributed by atoms with Crippen LogP contribution in [0.4, 0.5) is 17.8 Å². The maximum atomic E-state index is 5.78. The number of rotatable bonds is 2. The summed E-state index contributed by atoms with van der Waals surface area (Å²) in [6, 6.07) is 0. The molecule has 1 aromatic heterocycles. The van der Waals surface area contributed by atoms with Gasteiger partial charge in [0, 0.05) is 27.2 Å². The van der Waals surface area contributed by atoms with Crippen LogP contribution in [0.3, 0.4) is 0 Å². The Hall–Kier alpha value is -1.59. The molecule has 0 bridgehead atoms. The Kier molecular flexibility index (Phi) is 3.78. The lowest BCUT2D eigenvalue weighted by molar-refractivity contribution is 0.325. The molecular formula is C13H24N6. The molecule has 1 aliphatic rings. The fourth-order valence-corrected chi connectivity index (χ4v) is 2.33. The van der Waals surface area contributed by atoms with Crippen molar-refractivity contribution >= 4 is 17.8 Å². The molecule has 0 saturated carbocycles. The van der Waals surface area contributed by atoms with E-state index in [4.69, 9.17) is 5.73 Å². The lowest BCUT2D eigenvalue weighted by atomic mass is 9.85. The molecule has 1 saturated heterocycles. The van der Waals surface area contributed by atoms with Gasteiger partial charge in [-0.2, -0.15) is 15.0 Å². The van der Waals surface area contributed by atoms with E-state index in [2.05, 4.69) is 33.7 Å². The van der Waals surface area contributed by atoms with Crippen molar-refractivity contribution in [2.75, 3.05) is 42.7 Å². The van der Waals surface area contributed by atoms with Crippen molar-refractivity contribution < 1.29 is 0 Å². The van der Waals surface area contributed by atoms with E-state index < -0.39 is 0 Å². The van der Waals surface area contributed by atoms with E-state index in [0.29, 0.717) is 17.3 Å². The molecule has 0 amide bonds. The van der Waals surface area contributed by atoms with Crippen LogP contribution >= 0.6 is 0 Å². The third-order valence-corrected chi connectivity index (χ3v) is 3.65. The summed E-state index contributed by atoms with van der Waals surface area (Å²) in [5, 5.41) is 0. The topological polar surface area (TPSA) is 71.2 Å². The Morgan fingerprint density at radius 3 is 2.53 bits per heavy atom. The summed E-state index contributed by atoms with van der Waals surface area (Å²) in [7, 11) is 3.81. The number of hydrogen-bond donors (Lipinski definition) is 1. The fourth-order valence-electron chi connectivity index (χ4n) is 2.33. The van der Waals surface area contributed by atoms with Crippen LogP contribution in [0.25, 0.3) is 0 Å². The molecule has 2 N–H and O–H groups in total. The number of anilines is 3. The Morgan fingerprint density at radius 1 is 1.11 bits per heavy atom. The Bertz CT molecular complexity index is 443. The van der Waals surface area contributed by atoms with E-state index in [1.807, 2.05) is 19.0 Å². The molecule has 2 rings (SSSR count). The SMILES string of the molecule is CN(C)c1nc(N)nc(N2CCCC(C)(C)CC2)n1. The van der Waals surface area contributed by atoms with Gasteiger partial charge in [-0.3, -0.25) is 0 Å². The average molecular weight is 264 g/mol. The highest BCUT2D eigenvalue weighted by atomic mass is 15.3. The molecule has 6 heteroatoms. The molecule has 1 aliphatic heterocycles. The zero-order valence-electron chi connectivity index (χ0n) is 12.3. The molecule has 0 atom stereocenters. The minimum absolute atomic E-state index is 0.289. The first-order valence-corrected chi connectivity index (χ1v) is 6.81. The van der Waals surface area contributed by atoms with Gasteiger partial charge in [-0.05, 0) is 24.7 Å². The number of nitrogen functional groups attached to an aromatic ring is 1. The summed E-state index contributed by atoms with van der Waals surface area (Å²) < 4.78 is 0. The van der Waals surface area contributed by atoms with Crippen LogP contribution < -0.4 is 15.5 Å². The summed E-state index contributed by atoms with van der Waals surface area (Å²) in [4.78, 5) is 17.0. The second-order valence-electron chi connectivity index (χ2n) is 6.19. The number of hydrogen-bond acceptors (Lipinski definition) is 6. The van der Waals surface area contributed by atoms with Crippen molar-refractivity contribution in [3.63, 3.8) is 0 Å². The van der Waals surface area contributed by atoms with E-state index in [0.717, 1.165) is 25.9 Å². The standard InChI is InChI=1S/C13H24N6/c1-13(2)6-5-8-19(9-7-13)12-16-10(14)15-11(17-12)18(3)4/h5-9H2,1-4H3,(H2,14,15,16,17). The van der Waals surface area contributed by atoms with Crippen LogP contribution in [-0.4, -0.2) is 42.1 Å². The molecule has 2 heterocycles. The van der Waals surface area contributed by atoms with E-state index in [1.54, 1.807) is 0 Å². The van der Waals surface area contributed by atoms with Gasteiger partial charge in [-0.15, -0.1) is 0 Å². The quantitative estimate of drug-likeness (QED) is 0.873. The minimum atomic E-state index is 0.289. The molecule has 6 nitrogen and oxygen atoms in total. The van der Waals surface area contributed by atoms with Crippen LogP contribution in [-0.2, 0) is 0 Å². The number of aromatic nitrogens is 3. The molecule has 1 fully saturated rings. The van der Waals surface area contributed by atoms with Crippen molar-refractivity contribution in [1.29, 1.82) is 0 Å². The lowest BCUT2D eigenvalue weighted by Crippen LogP contribution is -2.28. The molecule has 0 spiro atoms. The molecule has 1 aromatic rings. The highest BCUT2D eigenvalue weighted by molar-refractivity contribution is 5.42. The Balaban J connectivity index is 2.21. The maximum absolute atomic E-state index is 5.78. The van der Waals surface area contributed by atoms with Gasteiger partial charge in [0.25, 0.3) is 0 Å². The van der Waals surface area contributed by atoms with Gasteiger partial charge in [0.15, 0.2) is 0 Å². The van der Waals surface area contributed by atoms with Gasteiger partial charge < -0.3 is 15.5 Å². The molecule has 0 aromatic carbocycles. The van der Waals surface area contributed by atoms with Crippen molar-refractivity contribution in [1.82, 2.24) is 15.0 Å². The zero-order valence-corrected chi connectivity index (χ0v) is 12.3. The molecular weight excluding hydrogens is 240 g/mol. The third kappa shape index (κ3) is 3.45. The van der Waals surface area contributed by atoms with Crippen molar-refractivity contribution in [2.45, 2.75) is 33.1 Å².